The fourth-order valence-corrected chi connectivity index (χ4v) is 1.95. The molecule has 0 saturated carbocycles. The smallest absolute Gasteiger partial charge is 0.233 e. The zero-order chi connectivity index (χ0) is 16.8. The van der Waals surface area contributed by atoms with E-state index >= 15 is 0 Å². The maximum absolute atomic E-state index is 5.34. The van der Waals surface area contributed by atoms with Crippen LogP contribution in [0, 0.1) is 0 Å². The zero-order valence-electron chi connectivity index (χ0n) is 14.2. The zero-order valence-corrected chi connectivity index (χ0v) is 14.2. The Kier molecular flexibility index (Phi) is 5.56. The molecule has 3 N–H and O–H groups in total. The highest BCUT2D eigenvalue weighted by Gasteiger charge is 2.10. The SMILES string of the molecule is COc1ccccc1Nc1nc(NC(C)C)nc(NC(C)C)n1. The fraction of sp³-hybridized carbons (Fsp3) is 0.438. The third-order valence-electron chi connectivity index (χ3n) is 2.82. The molecule has 0 saturated heterocycles. The molecule has 0 aliphatic rings. The van der Waals surface area contributed by atoms with Crippen molar-refractivity contribution < 1.29 is 4.74 Å². The van der Waals surface area contributed by atoms with Gasteiger partial charge in [-0.25, -0.2) is 0 Å². The molecular weight excluding hydrogens is 292 g/mol. The minimum Gasteiger partial charge on any atom is -0.495 e. The summed E-state index contributed by atoms with van der Waals surface area (Å²) in [5.41, 5.74) is 0.798. The molecule has 1 aromatic heterocycles. The van der Waals surface area contributed by atoms with E-state index in [1.165, 1.54) is 0 Å². The van der Waals surface area contributed by atoms with Crippen LogP contribution < -0.4 is 20.7 Å². The standard InChI is InChI=1S/C16H24N6O/c1-10(2)17-14-20-15(18-11(3)4)22-16(21-14)19-12-8-6-7-9-13(12)23-5/h6-11H,1-5H3,(H3,17,18,19,20,21,22). The van der Waals surface area contributed by atoms with Crippen LogP contribution in [0.15, 0.2) is 24.3 Å². The number of rotatable bonds is 7. The van der Waals surface area contributed by atoms with E-state index in [0.29, 0.717) is 17.8 Å². The molecule has 7 heteroatoms. The predicted molar refractivity (Wildman–Crippen MR) is 93.6 cm³/mol. The lowest BCUT2D eigenvalue weighted by atomic mass is 10.3. The first kappa shape index (κ1) is 16.8. The van der Waals surface area contributed by atoms with Gasteiger partial charge >= 0.3 is 0 Å². The normalized spacial score (nSPS) is 10.7. The van der Waals surface area contributed by atoms with Crippen molar-refractivity contribution >= 4 is 23.5 Å². The van der Waals surface area contributed by atoms with Gasteiger partial charge in [0.05, 0.1) is 12.8 Å². The van der Waals surface area contributed by atoms with Gasteiger partial charge in [-0.1, -0.05) is 12.1 Å². The van der Waals surface area contributed by atoms with E-state index in [4.69, 9.17) is 4.74 Å². The molecule has 0 radical (unpaired) electrons. The molecule has 2 aromatic rings. The van der Waals surface area contributed by atoms with Crippen molar-refractivity contribution in [1.29, 1.82) is 0 Å². The molecule has 23 heavy (non-hydrogen) atoms. The molecule has 7 nitrogen and oxygen atoms in total. The monoisotopic (exact) mass is 316 g/mol. The number of hydrogen-bond donors (Lipinski definition) is 3. The molecule has 0 unspecified atom stereocenters. The van der Waals surface area contributed by atoms with Gasteiger partial charge in [0.2, 0.25) is 17.8 Å². The summed E-state index contributed by atoms with van der Waals surface area (Å²) >= 11 is 0. The summed E-state index contributed by atoms with van der Waals surface area (Å²) in [6.45, 7) is 8.14. The maximum Gasteiger partial charge on any atom is 0.233 e. The number of nitrogens with zero attached hydrogens (tertiary/aromatic N) is 3. The van der Waals surface area contributed by atoms with E-state index in [2.05, 4.69) is 30.9 Å². The molecule has 0 amide bonds. The van der Waals surface area contributed by atoms with Crippen LogP contribution in [0.4, 0.5) is 23.5 Å². The van der Waals surface area contributed by atoms with Crippen LogP contribution in [-0.2, 0) is 0 Å². The van der Waals surface area contributed by atoms with Crippen LogP contribution in [-0.4, -0.2) is 34.1 Å². The summed E-state index contributed by atoms with van der Waals surface area (Å²) < 4.78 is 5.34. The number of ether oxygens (including phenoxy) is 1. The Morgan fingerprint density at radius 3 is 1.87 bits per heavy atom. The second kappa shape index (κ2) is 7.62. The summed E-state index contributed by atoms with van der Waals surface area (Å²) in [5.74, 6) is 2.23. The van der Waals surface area contributed by atoms with Crippen molar-refractivity contribution in [3.05, 3.63) is 24.3 Å². The third-order valence-corrected chi connectivity index (χ3v) is 2.82. The van der Waals surface area contributed by atoms with E-state index in [1.807, 2.05) is 52.0 Å². The second-order valence-electron chi connectivity index (χ2n) is 5.73. The van der Waals surface area contributed by atoms with Gasteiger partial charge < -0.3 is 20.7 Å². The van der Waals surface area contributed by atoms with Gasteiger partial charge in [0.15, 0.2) is 0 Å². The Labute approximate surface area is 136 Å². The van der Waals surface area contributed by atoms with Crippen molar-refractivity contribution in [2.45, 2.75) is 39.8 Å². The molecule has 0 fully saturated rings. The number of anilines is 4. The minimum atomic E-state index is 0.225. The van der Waals surface area contributed by atoms with Crippen LogP contribution in [0.25, 0.3) is 0 Å². The van der Waals surface area contributed by atoms with Gasteiger partial charge in [-0.05, 0) is 39.8 Å². The average molecular weight is 316 g/mol. The Morgan fingerprint density at radius 1 is 0.826 bits per heavy atom. The topological polar surface area (TPSA) is 84.0 Å². The summed E-state index contributed by atoms with van der Waals surface area (Å²) in [6.07, 6.45) is 0. The molecule has 0 aliphatic heterocycles. The van der Waals surface area contributed by atoms with E-state index in [1.54, 1.807) is 7.11 Å². The molecule has 2 rings (SSSR count). The molecule has 0 atom stereocenters. The third kappa shape index (κ3) is 4.98. The molecule has 1 aromatic carbocycles. The average Bonchev–Trinajstić information content (AvgIpc) is 2.46. The van der Waals surface area contributed by atoms with Gasteiger partial charge in [-0.15, -0.1) is 0 Å². The number of benzene rings is 1. The molecule has 1 heterocycles. The van der Waals surface area contributed by atoms with E-state index < -0.39 is 0 Å². The van der Waals surface area contributed by atoms with Crippen molar-refractivity contribution in [2.24, 2.45) is 0 Å². The van der Waals surface area contributed by atoms with E-state index in [-0.39, 0.29) is 12.1 Å². The highest BCUT2D eigenvalue weighted by molar-refractivity contribution is 5.63. The van der Waals surface area contributed by atoms with Gasteiger partial charge in [0.1, 0.15) is 5.75 Å². The van der Waals surface area contributed by atoms with Gasteiger partial charge in [0.25, 0.3) is 0 Å². The molecule has 0 bridgehead atoms. The molecule has 124 valence electrons. The quantitative estimate of drug-likeness (QED) is 0.723. The van der Waals surface area contributed by atoms with Gasteiger partial charge in [0, 0.05) is 12.1 Å². The highest BCUT2D eigenvalue weighted by Crippen LogP contribution is 2.26. The first-order valence-electron chi connectivity index (χ1n) is 7.67. The maximum atomic E-state index is 5.34. The summed E-state index contributed by atoms with van der Waals surface area (Å²) in [4.78, 5) is 13.2. The van der Waals surface area contributed by atoms with E-state index in [9.17, 15) is 0 Å². The van der Waals surface area contributed by atoms with Crippen LogP contribution in [0.2, 0.25) is 0 Å². The molecular formula is C16H24N6O. The fourth-order valence-electron chi connectivity index (χ4n) is 1.95. The van der Waals surface area contributed by atoms with Gasteiger partial charge in [-0.2, -0.15) is 15.0 Å². The molecule has 0 spiro atoms. The number of aromatic nitrogens is 3. The van der Waals surface area contributed by atoms with Crippen LogP contribution in [0.3, 0.4) is 0 Å². The van der Waals surface area contributed by atoms with E-state index in [0.717, 1.165) is 11.4 Å². The van der Waals surface area contributed by atoms with Crippen molar-refractivity contribution in [2.75, 3.05) is 23.1 Å². The minimum absolute atomic E-state index is 0.225. The Morgan fingerprint density at radius 2 is 1.35 bits per heavy atom. The lowest BCUT2D eigenvalue weighted by Crippen LogP contribution is -2.18. The summed E-state index contributed by atoms with van der Waals surface area (Å²) in [5, 5.41) is 9.58. The molecule has 0 aliphatic carbocycles. The van der Waals surface area contributed by atoms with Crippen LogP contribution in [0.5, 0.6) is 5.75 Å². The Hall–Kier alpha value is -2.57. The number of para-hydroxylation sites is 2. The Bertz CT molecular complexity index is 616. The van der Waals surface area contributed by atoms with Crippen molar-refractivity contribution in [3.63, 3.8) is 0 Å². The lowest BCUT2D eigenvalue weighted by molar-refractivity contribution is 0.417. The first-order chi connectivity index (χ1) is 11.0. The first-order valence-corrected chi connectivity index (χ1v) is 7.67. The van der Waals surface area contributed by atoms with Crippen LogP contribution >= 0.6 is 0 Å². The summed E-state index contributed by atoms with van der Waals surface area (Å²) in [6, 6.07) is 8.08. The second-order valence-corrected chi connectivity index (χ2v) is 5.73. The number of methoxy groups -OCH3 is 1. The number of nitrogens with one attached hydrogen (secondary N) is 3. The van der Waals surface area contributed by atoms with Gasteiger partial charge in [-0.3, -0.25) is 0 Å². The highest BCUT2D eigenvalue weighted by atomic mass is 16.5. The largest absolute Gasteiger partial charge is 0.495 e. The predicted octanol–water partition coefficient (Wildman–Crippen LogP) is 3.26. The van der Waals surface area contributed by atoms with Crippen molar-refractivity contribution in [3.8, 4) is 5.75 Å². The lowest BCUT2D eigenvalue weighted by Gasteiger charge is -2.15. The van der Waals surface area contributed by atoms with Crippen LogP contribution in [0.1, 0.15) is 27.7 Å². The Balaban J connectivity index is 2.32. The summed E-state index contributed by atoms with van der Waals surface area (Å²) in [7, 11) is 1.63. The van der Waals surface area contributed by atoms with Crippen molar-refractivity contribution in [1.82, 2.24) is 15.0 Å². The number of hydrogen-bond acceptors (Lipinski definition) is 7.